The van der Waals surface area contributed by atoms with Gasteiger partial charge < -0.3 is 15.5 Å². The summed E-state index contributed by atoms with van der Waals surface area (Å²) >= 11 is 1.61. The number of hydrogen-bond donors (Lipinski definition) is 2. The quantitative estimate of drug-likeness (QED) is 0.393. The normalized spacial score (nSPS) is 10.9. The van der Waals surface area contributed by atoms with Crippen molar-refractivity contribution in [3.8, 4) is 0 Å². The van der Waals surface area contributed by atoms with Crippen LogP contribution < -0.4 is 15.5 Å². The van der Waals surface area contributed by atoms with Gasteiger partial charge in [-0.1, -0.05) is 12.1 Å². The minimum absolute atomic E-state index is 0. The summed E-state index contributed by atoms with van der Waals surface area (Å²) in [6, 6.07) is 6.38. The third kappa shape index (κ3) is 6.60. The number of aliphatic imine (C=N–C) groups is 1. The molecule has 2 aromatic rings. The predicted molar refractivity (Wildman–Crippen MR) is 110 cm³/mol. The van der Waals surface area contributed by atoms with E-state index in [0.717, 1.165) is 28.9 Å². The lowest BCUT2D eigenvalue weighted by molar-refractivity contribution is 0.627. The van der Waals surface area contributed by atoms with E-state index < -0.39 is 0 Å². The number of guanidine groups is 1. The van der Waals surface area contributed by atoms with E-state index in [1.807, 2.05) is 31.3 Å². The van der Waals surface area contributed by atoms with Crippen molar-refractivity contribution in [3.63, 3.8) is 0 Å². The molecule has 0 aliphatic carbocycles. The van der Waals surface area contributed by atoms with Crippen molar-refractivity contribution in [3.05, 3.63) is 46.7 Å². The van der Waals surface area contributed by atoms with Gasteiger partial charge in [-0.05, 0) is 24.6 Å². The summed E-state index contributed by atoms with van der Waals surface area (Å²) in [6.45, 7) is 3.90. The number of benzene rings is 1. The molecule has 0 aliphatic heterocycles. The van der Waals surface area contributed by atoms with Crippen LogP contribution in [0.15, 0.2) is 34.6 Å². The SMILES string of the molecule is CCNC(=NCc1ccc(F)cc1)NCc1csc(N(C)C)n1.I. The third-order valence-corrected chi connectivity index (χ3v) is 4.09. The van der Waals surface area contributed by atoms with E-state index in [1.54, 1.807) is 23.5 Å². The van der Waals surface area contributed by atoms with Gasteiger partial charge in [-0.25, -0.2) is 14.4 Å². The molecule has 0 unspecified atom stereocenters. The molecule has 0 fully saturated rings. The van der Waals surface area contributed by atoms with Gasteiger partial charge in [0.1, 0.15) is 5.82 Å². The lowest BCUT2D eigenvalue weighted by Gasteiger charge is -2.10. The van der Waals surface area contributed by atoms with Crippen LogP contribution >= 0.6 is 35.3 Å². The topological polar surface area (TPSA) is 52.6 Å². The highest BCUT2D eigenvalue weighted by atomic mass is 127. The highest BCUT2D eigenvalue weighted by Gasteiger charge is 2.04. The Hall–Kier alpha value is -1.42. The number of nitrogens with zero attached hydrogens (tertiary/aromatic N) is 3. The maximum absolute atomic E-state index is 12.9. The van der Waals surface area contributed by atoms with Crippen molar-refractivity contribution in [2.75, 3.05) is 25.5 Å². The first-order valence-corrected chi connectivity index (χ1v) is 8.34. The maximum Gasteiger partial charge on any atom is 0.191 e. The van der Waals surface area contributed by atoms with E-state index in [1.165, 1.54) is 12.1 Å². The molecule has 2 N–H and O–H groups in total. The van der Waals surface area contributed by atoms with E-state index in [4.69, 9.17) is 0 Å². The second-order valence-corrected chi connectivity index (χ2v) is 6.03. The Kier molecular flexibility index (Phi) is 8.98. The van der Waals surface area contributed by atoms with E-state index in [2.05, 4.69) is 20.6 Å². The van der Waals surface area contributed by atoms with Crippen LogP contribution in [0.2, 0.25) is 0 Å². The molecule has 1 heterocycles. The van der Waals surface area contributed by atoms with Crippen LogP contribution in [0.25, 0.3) is 0 Å². The summed E-state index contributed by atoms with van der Waals surface area (Å²) < 4.78 is 12.9. The van der Waals surface area contributed by atoms with Crippen molar-refractivity contribution in [1.29, 1.82) is 0 Å². The van der Waals surface area contributed by atoms with Crippen LogP contribution in [-0.4, -0.2) is 31.6 Å². The highest BCUT2D eigenvalue weighted by Crippen LogP contribution is 2.17. The fraction of sp³-hybridized carbons (Fsp3) is 0.375. The molecule has 0 saturated carbocycles. The second kappa shape index (κ2) is 10.4. The van der Waals surface area contributed by atoms with Gasteiger partial charge in [0.2, 0.25) is 0 Å². The van der Waals surface area contributed by atoms with Crippen LogP contribution in [0.1, 0.15) is 18.2 Å². The molecule has 24 heavy (non-hydrogen) atoms. The van der Waals surface area contributed by atoms with Crippen LogP contribution in [0.3, 0.4) is 0 Å². The Morgan fingerprint density at radius 3 is 2.54 bits per heavy atom. The molecule has 0 spiro atoms. The fourth-order valence-electron chi connectivity index (χ4n) is 1.86. The molecule has 132 valence electrons. The van der Waals surface area contributed by atoms with Gasteiger partial charge >= 0.3 is 0 Å². The van der Waals surface area contributed by atoms with E-state index >= 15 is 0 Å². The predicted octanol–water partition coefficient (Wildman–Crippen LogP) is 3.22. The zero-order valence-electron chi connectivity index (χ0n) is 14.0. The van der Waals surface area contributed by atoms with Gasteiger partial charge in [0, 0.05) is 26.0 Å². The van der Waals surface area contributed by atoms with Gasteiger partial charge in [-0.15, -0.1) is 35.3 Å². The van der Waals surface area contributed by atoms with Crippen LogP contribution in [-0.2, 0) is 13.1 Å². The van der Waals surface area contributed by atoms with Crippen molar-refractivity contribution >= 4 is 46.4 Å². The number of rotatable bonds is 6. The molecule has 0 aliphatic rings. The lowest BCUT2D eigenvalue weighted by Crippen LogP contribution is -2.36. The third-order valence-electron chi connectivity index (χ3n) is 3.04. The number of hydrogen-bond acceptors (Lipinski definition) is 4. The van der Waals surface area contributed by atoms with Crippen molar-refractivity contribution in [1.82, 2.24) is 15.6 Å². The van der Waals surface area contributed by atoms with Crippen LogP contribution in [0, 0.1) is 5.82 Å². The number of aromatic nitrogens is 1. The Morgan fingerprint density at radius 2 is 1.96 bits per heavy atom. The number of nitrogens with one attached hydrogen (secondary N) is 2. The van der Waals surface area contributed by atoms with Gasteiger partial charge in [-0.3, -0.25) is 0 Å². The Labute approximate surface area is 163 Å². The molecular formula is C16H23FIN5S. The van der Waals surface area contributed by atoms with Gasteiger partial charge in [-0.2, -0.15) is 0 Å². The van der Waals surface area contributed by atoms with Gasteiger partial charge in [0.25, 0.3) is 0 Å². The smallest absolute Gasteiger partial charge is 0.191 e. The molecule has 1 aromatic heterocycles. The largest absolute Gasteiger partial charge is 0.357 e. The standard InChI is InChI=1S/C16H22FN5S.HI/c1-4-18-15(19-9-12-5-7-13(17)8-6-12)20-10-14-11-23-16(21-14)22(2)3;/h5-8,11H,4,9-10H2,1-3H3,(H2,18,19,20);1H. The summed E-state index contributed by atoms with van der Waals surface area (Å²) in [5.74, 6) is 0.485. The molecule has 2 rings (SSSR count). The summed E-state index contributed by atoms with van der Waals surface area (Å²) in [7, 11) is 3.95. The zero-order valence-corrected chi connectivity index (χ0v) is 17.2. The van der Waals surface area contributed by atoms with Gasteiger partial charge in [0.05, 0.1) is 18.8 Å². The number of anilines is 1. The van der Waals surface area contributed by atoms with Crippen LogP contribution in [0.4, 0.5) is 9.52 Å². The molecular weight excluding hydrogens is 440 g/mol. The molecule has 0 saturated heterocycles. The first kappa shape index (κ1) is 20.6. The molecule has 0 bridgehead atoms. The number of halogens is 2. The Bertz CT molecular complexity index is 642. The summed E-state index contributed by atoms with van der Waals surface area (Å²) in [5, 5.41) is 9.47. The molecule has 0 radical (unpaired) electrons. The minimum Gasteiger partial charge on any atom is -0.357 e. The van der Waals surface area contributed by atoms with Crippen molar-refractivity contribution in [2.45, 2.75) is 20.0 Å². The molecule has 5 nitrogen and oxygen atoms in total. The minimum atomic E-state index is -0.233. The summed E-state index contributed by atoms with van der Waals surface area (Å²) in [5.41, 5.74) is 1.94. The van der Waals surface area contributed by atoms with Crippen molar-refractivity contribution in [2.24, 2.45) is 4.99 Å². The zero-order chi connectivity index (χ0) is 16.7. The maximum atomic E-state index is 12.9. The molecule has 0 amide bonds. The summed E-state index contributed by atoms with van der Waals surface area (Å²) in [6.07, 6.45) is 0. The average Bonchev–Trinajstić information content (AvgIpc) is 3.01. The van der Waals surface area contributed by atoms with E-state index in [-0.39, 0.29) is 29.8 Å². The van der Waals surface area contributed by atoms with Gasteiger partial charge in [0.15, 0.2) is 11.1 Å². The number of thiazole rings is 1. The second-order valence-electron chi connectivity index (χ2n) is 5.19. The van der Waals surface area contributed by atoms with Crippen LogP contribution in [0.5, 0.6) is 0 Å². The van der Waals surface area contributed by atoms with Crippen molar-refractivity contribution < 1.29 is 4.39 Å². The molecule has 1 aromatic carbocycles. The molecule has 0 atom stereocenters. The molecule has 8 heteroatoms. The lowest BCUT2D eigenvalue weighted by atomic mass is 10.2. The highest BCUT2D eigenvalue weighted by molar-refractivity contribution is 14.0. The summed E-state index contributed by atoms with van der Waals surface area (Å²) in [4.78, 5) is 11.0. The average molecular weight is 463 g/mol. The monoisotopic (exact) mass is 463 g/mol. The fourth-order valence-corrected chi connectivity index (χ4v) is 2.62. The first-order chi connectivity index (χ1) is 11.1. The van der Waals surface area contributed by atoms with E-state index in [9.17, 15) is 4.39 Å². The Morgan fingerprint density at radius 1 is 1.25 bits per heavy atom. The Balaban J connectivity index is 0.00000288. The first-order valence-electron chi connectivity index (χ1n) is 7.47. The van der Waals surface area contributed by atoms with E-state index in [0.29, 0.717) is 13.1 Å².